The summed E-state index contributed by atoms with van der Waals surface area (Å²) in [6.07, 6.45) is 1.24. The molecule has 30 heavy (non-hydrogen) atoms. The molecule has 0 saturated heterocycles. The Bertz CT molecular complexity index is 1040. The Balaban J connectivity index is 1.78. The van der Waals surface area contributed by atoms with Crippen LogP contribution in [0.1, 0.15) is 43.9 Å². The molecular formula is C27H29NO2. The zero-order chi connectivity index (χ0) is 21.4. The van der Waals surface area contributed by atoms with Gasteiger partial charge in [0.2, 0.25) is 5.91 Å². The maximum absolute atomic E-state index is 13.5. The first-order valence-electron chi connectivity index (χ1n) is 10.5. The van der Waals surface area contributed by atoms with Gasteiger partial charge in [0.15, 0.2) is 0 Å². The molecule has 3 heteroatoms. The molecule has 4 rings (SSSR count). The summed E-state index contributed by atoms with van der Waals surface area (Å²) in [4.78, 5) is 15.5. The van der Waals surface area contributed by atoms with Crippen molar-refractivity contribution in [3.63, 3.8) is 0 Å². The van der Waals surface area contributed by atoms with Crippen molar-refractivity contribution in [2.75, 3.05) is 12.0 Å². The molecule has 0 saturated carbocycles. The van der Waals surface area contributed by atoms with Crippen LogP contribution in [0.3, 0.4) is 0 Å². The molecule has 1 heterocycles. The number of fused-ring (bicyclic) bond motifs is 1. The number of carbonyl (C=O) groups is 1. The second kappa shape index (κ2) is 7.64. The number of nitrogens with zero attached hydrogens (tertiary/aromatic N) is 1. The van der Waals surface area contributed by atoms with Gasteiger partial charge in [-0.05, 0) is 55.2 Å². The average molecular weight is 400 g/mol. The summed E-state index contributed by atoms with van der Waals surface area (Å²) in [5.74, 6) is 0.987. The fourth-order valence-corrected chi connectivity index (χ4v) is 5.04. The van der Waals surface area contributed by atoms with E-state index in [0.717, 1.165) is 23.4 Å². The van der Waals surface area contributed by atoms with Crippen LogP contribution in [0, 0.1) is 0 Å². The van der Waals surface area contributed by atoms with Crippen LogP contribution in [-0.4, -0.2) is 18.6 Å². The molecule has 1 amide bonds. The quantitative estimate of drug-likeness (QED) is 0.558. The summed E-state index contributed by atoms with van der Waals surface area (Å²) in [5.41, 5.74) is 3.95. The van der Waals surface area contributed by atoms with E-state index in [4.69, 9.17) is 4.74 Å². The van der Waals surface area contributed by atoms with Crippen LogP contribution in [0.25, 0.3) is 0 Å². The van der Waals surface area contributed by atoms with E-state index in [0.29, 0.717) is 6.42 Å². The molecule has 3 nitrogen and oxygen atoms in total. The highest BCUT2D eigenvalue weighted by molar-refractivity contribution is 5.98. The largest absolute Gasteiger partial charge is 0.497 e. The van der Waals surface area contributed by atoms with Crippen molar-refractivity contribution >= 4 is 11.6 Å². The minimum absolute atomic E-state index is 0.135. The van der Waals surface area contributed by atoms with E-state index < -0.39 is 0 Å². The molecule has 3 aromatic carbocycles. The lowest BCUT2D eigenvalue weighted by Crippen LogP contribution is -2.56. The third-order valence-corrected chi connectivity index (χ3v) is 6.31. The molecule has 0 aliphatic carbocycles. The van der Waals surface area contributed by atoms with Gasteiger partial charge in [0, 0.05) is 16.6 Å². The average Bonchev–Trinajstić information content (AvgIpc) is 2.74. The SMILES string of the molecule is COc1ccc([C@]2(C)CC(C)(C)N(C(=O)Cc3ccccc3)c3ccccc32)cc1. The van der Waals surface area contributed by atoms with Gasteiger partial charge in [-0.3, -0.25) is 4.79 Å². The highest BCUT2D eigenvalue weighted by atomic mass is 16.5. The van der Waals surface area contributed by atoms with Crippen LogP contribution in [0.15, 0.2) is 78.9 Å². The van der Waals surface area contributed by atoms with Crippen molar-refractivity contribution in [2.45, 2.75) is 44.6 Å². The number of para-hydroxylation sites is 1. The van der Waals surface area contributed by atoms with Crippen molar-refractivity contribution in [2.24, 2.45) is 0 Å². The Morgan fingerprint density at radius 2 is 1.53 bits per heavy atom. The Morgan fingerprint density at radius 1 is 0.900 bits per heavy atom. The second-order valence-electron chi connectivity index (χ2n) is 8.96. The van der Waals surface area contributed by atoms with Crippen LogP contribution in [0.4, 0.5) is 5.69 Å². The van der Waals surface area contributed by atoms with E-state index in [1.165, 1.54) is 11.1 Å². The standard InChI is InChI=1S/C27H29NO2/c1-26(2)19-27(3,21-14-16-22(30-4)17-15-21)23-12-8-9-13-24(23)28(26)25(29)18-20-10-6-5-7-11-20/h5-17H,18-19H2,1-4H3/t27-/m0/s1. The number of methoxy groups -OCH3 is 1. The number of anilines is 1. The second-order valence-corrected chi connectivity index (χ2v) is 8.96. The van der Waals surface area contributed by atoms with Crippen molar-refractivity contribution in [1.82, 2.24) is 0 Å². The van der Waals surface area contributed by atoms with E-state index in [1.54, 1.807) is 7.11 Å². The zero-order valence-electron chi connectivity index (χ0n) is 18.2. The van der Waals surface area contributed by atoms with E-state index in [2.05, 4.69) is 51.1 Å². The maximum Gasteiger partial charge on any atom is 0.231 e. The lowest BCUT2D eigenvalue weighted by atomic mass is 9.65. The number of benzene rings is 3. The summed E-state index contributed by atoms with van der Waals surface area (Å²) in [6.45, 7) is 6.63. The third kappa shape index (κ3) is 3.49. The number of ether oxygens (including phenoxy) is 1. The predicted octanol–water partition coefficient (Wildman–Crippen LogP) is 5.76. The monoisotopic (exact) mass is 399 g/mol. The third-order valence-electron chi connectivity index (χ3n) is 6.31. The van der Waals surface area contributed by atoms with Crippen molar-refractivity contribution in [1.29, 1.82) is 0 Å². The minimum Gasteiger partial charge on any atom is -0.497 e. The maximum atomic E-state index is 13.5. The lowest BCUT2D eigenvalue weighted by Gasteiger charge is -2.51. The van der Waals surface area contributed by atoms with Crippen molar-refractivity contribution in [3.8, 4) is 5.75 Å². The first-order chi connectivity index (χ1) is 14.3. The predicted molar refractivity (Wildman–Crippen MR) is 122 cm³/mol. The minimum atomic E-state index is -0.325. The van der Waals surface area contributed by atoms with Gasteiger partial charge in [-0.1, -0.05) is 67.6 Å². The summed E-state index contributed by atoms with van der Waals surface area (Å²) in [5, 5.41) is 0. The molecule has 0 bridgehead atoms. The van der Waals surface area contributed by atoms with Gasteiger partial charge in [-0.15, -0.1) is 0 Å². The van der Waals surface area contributed by atoms with E-state index in [-0.39, 0.29) is 16.9 Å². The molecule has 1 aliphatic heterocycles. The van der Waals surface area contributed by atoms with Gasteiger partial charge in [-0.2, -0.15) is 0 Å². The molecule has 0 radical (unpaired) electrons. The fraction of sp³-hybridized carbons (Fsp3) is 0.296. The first-order valence-corrected chi connectivity index (χ1v) is 10.5. The molecule has 154 valence electrons. The van der Waals surface area contributed by atoms with E-state index in [1.807, 2.05) is 53.4 Å². The fourth-order valence-electron chi connectivity index (χ4n) is 5.04. The topological polar surface area (TPSA) is 29.5 Å². The highest BCUT2D eigenvalue weighted by Crippen LogP contribution is 2.50. The number of carbonyl (C=O) groups excluding carboxylic acids is 1. The van der Waals surface area contributed by atoms with E-state index >= 15 is 0 Å². The summed E-state index contributed by atoms with van der Waals surface area (Å²) in [6, 6.07) is 26.7. The molecule has 3 aromatic rings. The highest BCUT2D eigenvalue weighted by Gasteiger charge is 2.47. The first kappa shape index (κ1) is 20.2. The lowest BCUT2D eigenvalue weighted by molar-refractivity contribution is -0.119. The van der Waals surface area contributed by atoms with Crippen LogP contribution >= 0.6 is 0 Å². The number of rotatable bonds is 4. The van der Waals surface area contributed by atoms with Crippen LogP contribution < -0.4 is 9.64 Å². The van der Waals surface area contributed by atoms with Gasteiger partial charge in [0.25, 0.3) is 0 Å². The molecule has 0 spiro atoms. The Kier molecular flexibility index (Phi) is 5.15. The molecule has 1 aliphatic rings. The molecule has 0 aromatic heterocycles. The Hall–Kier alpha value is -3.07. The van der Waals surface area contributed by atoms with Crippen molar-refractivity contribution < 1.29 is 9.53 Å². The van der Waals surface area contributed by atoms with Gasteiger partial charge >= 0.3 is 0 Å². The van der Waals surface area contributed by atoms with Crippen LogP contribution in [-0.2, 0) is 16.6 Å². The summed E-state index contributed by atoms with van der Waals surface area (Å²) >= 11 is 0. The van der Waals surface area contributed by atoms with Gasteiger partial charge in [0.05, 0.1) is 13.5 Å². The zero-order valence-corrected chi connectivity index (χ0v) is 18.2. The molecular weight excluding hydrogens is 370 g/mol. The van der Waals surface area contributed by atoms with Gasteiger partial charge < -0.3 is 9.64 Å². The van der Waals surface area contributed by atoms with Gasteiger partial charge in [-0.25, -0.2) is 0 Å². The van der Waals surface area contributed by atoms with Gasteiger partial charge in [0.1, 0.15) is 5.75 Å². The van der Waals surface area contributed by atoms with E-state index in [9.17, 15) is 4.79 Å². The number of amides is 1. The van der Waals surface area contributed by atoms with Crippen molar-refractivity contribution in [3.05, 3.63) is 95.6 Å². The molecule has 0 N–H and O–H groups in total. The Labute approximate surface area is 179 Å². The molecule has 1 atom stereocenters. The number of hydrogen-bond acceptors (Lipinski definition) is 2. The normalized spacial score (nSPS) is 19.8. The Morgan fingerprint density at radius 3 is 2.20 bits per heavy atom. The molecule has 0 unspecified atom stereocenters. The van der Waals surface area contributed by atoms with Crippen LogP contribution in [0.5, 0.6) is 5.75 Å². The van der Waals surface area contributed by atoms with Crippen LogP contribution in [0.2, 0.25) is 0 Å². The summed E-state index contributed by atoms with van der Waals surface area (Å²) in [7, 11) is 1.69. The number of hydrogen-bond donors (Lipinski definition) is 0. The summed E-state index contributed by atoms with van der Waals surface area (Å²) < 4.78 is 5.35. The smallest absolute Gasteiger partial charge is 0.231 e. The molecule has 0 fully saturated rings.